The number of hydrogen-bond acceptors (Lipinski definition) is 3. The van der Waals surface area contributed by atoms with E-state index in [0.717, 1.165) is 11.1 Å². The van der Waals surface area contributed by atoms with Crippen LogP contribution in [0.4, 0.5) is 0 Å². The van der Waals surface area contributed by atoms with E-state index in [9.17, 15) is 10.2 Å². The minimum atomic E-state index is -0.802. The first kappa shape index (κ1) is 14.4. The Morgan fingerprint density at radius 1 is 0.636 bits per heavy atom. The summed E-state index contributed by atoms with van der Waals surface area (Å²) in [6.45, 7) is 0. The maximum absolute atomic E-state index is 10.5. The standard InChI is InChI=1S/C19H17NO2/c21-18(14-7-3-1-4-8-14)16-11-12-20-17(13-16)19(22)15-9-5-2-6-10-15/h1-13,18-19,21-22H. The summed E-state index contributed by atoms with van der Waals surface area (Å²) in [7, 11) is 0. The second-order valence-electron chi connectivity index (χ2n) is 5.14. The van der Waals surface area contributed by atoms with E-state index >= 15 is 0 Å². The Morgan fingerprint density at radius 2 is 1.18 bits per heavy atom. The maximum Gasteiger partial charge on any atom is 0.121 e. The minimum Gasteiger partial charge on any atom is -0.384 e. The van der Waals surface area contributed by atoms with Gasteiger partial charge in [-0.25, -0.2) is 0 Å². The SMILES string of the molecule is OC(c1ccccc1)c1ccnc(C(O)c2ccccc2)c1. The molecule has 0 saturated carbocycles. The molecular formula is C19H17NO2. The van der Waals surface area contributed by atoms with Gasteiger partial charge in [-0.2, -0.15) is 0 Å². The van der Waals surface area contributed by atoms with Crippen molar-refractivity contribution in [3.05, 3.63) is 101 Å². The first-order valence-corrected chi connectivity index (χ1v) is 7.17. The van der Waals surface area contributed by atoms with Gasteiger partial charge in [0.1, 0.15) is 12.2 Å². The summed E-state index contributed by atoms with van der Waals surface area (Å²) in [5.74, 6) is 0. The Morgan fingerprint density at radius 3 is 1.77 bits per heavy atom. The van der Waals surface area contributed by atoms with Gasteiger partial charge in [0.05, 0.1) is 5.69 Å². The van der Waals surface area contributed by atoms with Crippen LogP contribution < -0.4 is 0 Å². The highest BCUT2D eigenvalue weighted by atomic mass is 16.3. The Bertz CT molecular complexity index is 668. The molecular weight excluding hydrogens is 274 g/mol. The van der Waals surface area contributed by atoms with Crippen molar-refractivity contribution in [1.82, 2.24) is 4.98 Å². The van der Waals surface area contributed by atoms with Crippen LogP contribution in [0.1, 0.15) is 34.6 Å². The predicted molar refractivity (Wildman–Crippen MR) is 85.2 cm³/mol. The lowest BCUT2D eigenvalue weighted by atomic mass is 9.99. The molecule has 110 valence electrons. The monoisotopic (exact) mass is 291 g/mol. The summed E-state index contributed by atoms with van der Waals surface area (Å²) < 4.78 is 0. The van der Waals surface area contributed by atoms with E-state index in [-0.39, 0.29) is 0 Å². The molecule has 0 bridgehead atoms. The quantitative estimate of drug-likeness (QED) is 0.776. The molecule has 1 aromatic heterocycles. The van der Waals surface area contributed by atoms with E-state index in [1.807, 2.05) is 60.7 Å². The van der Waals surface area contributed by atoms with Gasteiger partial charge < -0.3 is 10.2 Å². The Kier molecular flexibility index (Phi) is 4.28. The van der Waals surface area contributed by atoms with Crippen LogP contribution in [0, 0.1) is 0 Å². The van der Waals surface area contributed by atoms with Crippen LogP contribution in [0.25, 0.3) is 0 Å². The number of aliphatic hydroxyl groups excluding tert-OH is 2. The third kappa shape index (κ3) is 3.06. The zero-order valence-electron chi connectivity index (χ0n) is 12.0. The van der Waals surface area contributed by atoms with Gasteiger partial charge in [-0.3, -0.25) is 4.98 Å². The first-order valence-electron chi connectivity index (χ1n) is 7.17. The number of pyridine rings is 1. The third-order valence-corrected chi connectivity index (χ3v) is 3.63. The van der Waals surface area contributed by atoms with Crippen LogP contribution >= 0.6 is 0 Å². The molecule has 0 amide bonds. The largest absolute Gasteiger partial charge is 0.384 e. The fraction of sp³-hybridized carbons (Fsp3) is 0.105. The molecule has 0 aliphatic rings. The lowest BCUT2D eigenvalue weighted by molar-refractivity contribution is 0.210. The lowest BCUT2D eigenvalue weighted by Crippen LogP contribution is -2.05. The Balaban J connectivity index is 1.90. The smallest absolute Gasteiger partial charge is 0.121 e. The average molecular weight is 291 g/mol. The molecule has 0 aliphatic carbocycles. The van der Waals surface area contributed by atoms with Crippen LogP contribution in [0.5, 0.6) is 0 Å². The molecule has 0 aliphatic heterocycles. The molecule has 0 spiro atoms. The summed E-state index contributed by atoms with van der Waals surface area (Å²) >= 11 is 0. The zero-order chi connectivity index (χ0) is 15.4. The highest BCUT2D eigenvalue weighted by Gasteiger charge is 2.15. The zero-order valence-corrected chi connectivity index (χ0v) is 12.0. The van der Waals surface area contributed by atoms with Crippen molar-refractivity contribution in [2.24, 2.45) is 0 Å². The normalized spacial score (nSPS) is 13.5. The summed E-state index contributed by atoms with van der Waals surface area (Å²) in [6.07, 6.45) is 0.0817. The molecule has 3 heteroatoms. The molecule has 2 atom stereocenters. The summed E-state index contributed by atoms with van der Waals surface area (Å²) in [5, 5.41) is 20.9. The predicted octanol–water partition coefficient (Wildman–Crippen LogP) is 3.25. The molecule has 0 radical (unpaired) electrons. The van der Waals surface area contributed by atoms with Crippen molar-refractivity contribution in [3.8, 4) is 0 Å². The number of benzene rings is 2. The molecule has 22 heavy (non-hydrogen) atoms. The van der Waals surface area contributed by atoms with Crippen LogP contribution in [0.2, 0.25) is 0 Å². The van der Waals surface area contributed by atoms with Crippen molar-refractivity contribution in [2.45, 2.75) is 12.2 Å². The van der Waals surface area contributed by atoms with Crippen molar-refractivity contribution in [2.75, 3.05) is 0 Å². The van der Waals surface area contributed by atoms with Crippen molar-refractivity contribution < 1.29 is 10.2 Å². The molecule has 0 fully saturated rings. The maximum atomic E-state index is 10.5. The van der Waals surface area contributed by atoms with Gasteiger partial charge in [0.25, 0.3) is 0 Å². The summed E-state index contributed by atoms with van der Waals surface area (Å²) in [5.41, 5.74) is 2.83. The van der Waals surface area contributed by atoms with Gasteiger partial charge in [0.2, 0.25) is 0 Å². The average Bonchev–Trinajstić information content (AvgIpc) is 2.62. The second kappa shape index (κ2) is 6.52. The van der Waals surface area contributed by atoms with Gasteiger partial charge in [-0.15, -0.1) is 0 Å². The van der Waals surface area contributed by atoms with E-state index in [2.05, 4.69) is 4.98 Å². The number of aromatic nitrogens is 1. The van der Waals surface area contributed by atoms with E-state index in [0.29, 0.717) is 11.3 Å². The molecule has 3 rings (SSSR count). The van der Waals surface area contributed by atoms with E-state index < -0.39 is 12.2 Å². The fourth-order valence-corrected chi connectivity index (χ4v) is 2.42. The van der Waals surface area contributed by atoms with Crippen LogP contribution in [-0.2, 0) is 0 Å². The molecule has 1 heterocycles. The van der Waals surface area contributed by atoms with E-state index in [4.69, 9.17) is 0 Å². The summed E-state index contributed by atoms with van der Waals surface area (Å²) in [6, 6.07) is 22.3. The highest BCUT2D eigenvalue weighted by Crippen LogP contribution is 2.25. The molecule has 2 unspecified atom stereocenters. The second-order valence-corrected chi connectivity index (χ2v) is 5.14. The topological polar surface area (TPSA) is 53.4 Å². The van der Waals surface area contributed by atoms with Gasteiger partial charge in [-0.1, -0.05) is 60.7 Å². The summed E-state index contributed by atoms with van der Waals surface area (Å²) in [4.78, 5) is 4.23. The molecule has 0 saturated heterocycles. The van der Waals surface area contributed by atoms with Crippen molar-refractivity contribution in [1.29, 1.82) is 0 Å². The van der Waals surface area contributed by atoms with Gasteiger partial charge in [0.15, 0.2) is 0 Å². The Hall–Kier alpha value is -2.49. The van der Waals surface area contributed by atoms with Gasteiger partial charge >= 0.3 is 0 Å². The van der Waals surface area contributed by atoms with Gasteiger partial charge in [-0.05, 0) is 28.8 Å². The van der Waals surface area contributed by atoms with Crippen LogP contribution in [0.3, 0.4) is 0 Å². The molecule has 2 aromatic carbocycles. The third-order valence-electron chi connectivity index (χ3n) is 3.63. The highest BCUT2D eigenvalue weighted by molar-refractivity contribution is 5.33. The molecule has 3 aromatic rings. The van der Waals surface area contributed by atoms with Crippen molar-refractivity contribution >= 4 is 0 Å². The number of nitrogens with zero attached hydrogens (tertiary/aromatic N) is 1. The fourth-order valence-electron chi connectivity index (χ4n) is 2.42. The van der Waals surface area contributed by atoms with E-state index in [1.54, 1.807) is 18.3 Å². The Labute approximate surface area is 129 Å². The van der Waals surface area contributed by atoms with Crippen LogP contribution in [-0.4, -0.2) is 15.2 Å². The van der Waals surface area contributed by atoms with E-state index in [1.165, 1.54) is 0 Å². The number of hydrogen-bond donors (Lipinski definition) is 2. The molecule has 2 N–H and O–H groups in total. The minimum absolute atomic E-state index is 0.527. The lowest BCUT2D eigenvalue weighted by Gasteiger charge is -2.15. The van der Waals surface area contributed by atoms with Crippen molar-refractivity contribution in [3.63, 3.8) is 0 Å². The van der Waals surface area contributed by atoms with Crippen LogP contribution in [0.15, 0.2) is 79.0 Å². The first-order chi connectivity index (χ1) is 10.8. The molecule has 3 nitrogen and oxygen atoms in total. The number of aliphatic hydroxyl groups is 2. The number of rotatable bonds is 4. The van der Waals surface area contributed by atoms with Gasteiger partial charge in [0, 0.05) is 6.20 Å².